The summed E-state index contributed by atoms with van der Waals surface area (Å²) in [6.07, 6.45) is 3.03. The van der Waals surface area contributed by atoms with Crippen molar-refractivity contribution in [3.05, 3.63) is 38.3 Å². The zero-order valence-electron chi connectivity index (χ0n) is 11.9. The van der Waals surface area contributed by atoms with Crippen LogP contribution in [0, 0.1) is 6.92 Å². The van der Waals surface area contributed by atoms with Gasteiger partial charge in [-0.15, -0.1) is 11.3 Å². The van der Waals surface area contributed by atoms with Gasteiger partial charge in [0, 0.05) is 24.3 Å². The molecule has 0 fully saturated rings. The van der Waals surface area contributed by atoms with Crippen molar-refractivity contribution in [1.82, 2.24) is 9.78 Å². The van der Waals surface area contributed by atoms with E-state index in [2.05, 4.69) is 38.5 Å². The van der Waals surface area contributed by atoms with Crippen LogP contribution in [0.1, 0.15) is 36.0 Å². The van der Waals surface area contributed by atoms with Crippen molar-refractivity contribution in [2.45, 2.75) is 46.1 Å². The molecule has 0 N–H and O–H groups in total. The number of aryl methyl sites for hydroxylation is 3. The molecule has 0 amide bonds. The molecule has 2 heterocycles. The molecule has 0 unspecified atom stereocenters. The number of nitrogens with zero attached hydrogens (tertiary/aromatic N) is 2. The SMILES string of the molecule is CCn1nc(C)c(Br)c1CC(=O)CCCc1cccs1. The molecule has 0 aliphatic carbocycles. The molecule has 2 aromatic heterocycles. The second kappa shape index (κ2) is 7.18. The van der Waals surface area contributed by atoms with Crippen LogP contribution in [-0.4, -0.2) is 15.6 Å². The first kappa shape index (κ1) is 15.4. The molecule has 0 atom stereocenters. The maximum Gasteiger partial charge on any atom is 0.138 e. The third-order valence-electron chi connectivity index (χ3n) is 3.28. The fraction of sp³-hybridized carbons (Fsp3) is 0.467. The second-order valence-electron chi connectivity index (χ2n) is 4.81. The minimum atomic E-state index is 0.289. The molecule has 0 aliphatic rings. The van der Waals surface area contributed by atoms with Gasteiger partial charge in [0.15, 0.2) is 0 Å². The highest BCUT2D eigenvalue weighted by atomic mass is 79.9. The molecule has 3 nitrogen and oxygen atoms in total. The highest BCUT2D eigenvalue weighted by Gasteiger charge is 2.15. The van der Waals surface area contributed by atoms with Crippen LogP contribution in [0.2, 0.25) is 0 Å². The molecule has 0 aliphatic heterocycles. The summed E-state index contributed by atoms with van der Waals surface area (Å²) < 4.78 is 2.89. The first-order chi connectivity index (χ1) is 9.61. The quantitative estimate of drug-likeness (QED) is 0.747. The number of Topliss-reactive ketones (excluding diaryl/α,β-unsaturated/α-hetero) is 1. The Kier molecular flexibility index (Phi) is 5.54. The summed E-state index contributed by atoms with van der Waals surface area (Å²) in [5, 5.41) is 6.50. The lowest BCUT2D eigenvalue weighted by molar-refractivity contribution is -0.118. The summed E-state index contributed by atoms with van der Waals surface area (Å²) >= 11 is 5.29. The van der Waals surface area contributed by atoms with Crippen molar-refractivity contribution in [2.75, 3.05) is 0 Å². The average molecular weight is 355 g/mol. The Morgan fingerprint density at radius 3 is 2.95 bits per heavy atom. The zero-order valence-corrected chi connectivity index (χ0v) is 14.3. The van der Waals surface area contributed by atoms with Crippen molar-refractivity contribution < 1.29 is 4.79 Å². The third kappa shape index (κ3) is 3.79. The molecule has 20 heavy (non-hydrogen) atoms. The van der Waals surface area contributed by atoms with Gasteiger partial charge in [0.1, 0.15) is 5.78 Å². The van der Waals surface area contributed by atoms with E-state index in [-0.39, 0.29) is 5.78 Å². The van der Waals surface area contributed by atoms with Gasteiger partial charge in [-0.05, 0) is 54.1 Å². The summed E-state index contributed by atoms with van der Waals surface area (Å²) in [5.41, 5.74) is 1.96. The number of hydrogen-bond acceptors (Lipinski definition) is 3. The first-order valence-corrected chi connectivity index (χ1v) is 8.55. The molecule has 0 aromatic carbocycles. The van der Waals surface area contributed by atoms with Crippen molar-refractivity contribution in [3.8, 4) is 0 Å². The fourth-order valence-corrected chi connectivity index (χ4v) is 3.40. The number of halogens is 1. The molecule has 0 spiro atoms. The molecule has 108 valence electrons. The number of hydrogen-bond donors (Lipinski definition) is 0. The van der Waals surface area contributed by atoms with Crippen LogP contribution in [0.15, 0.2) is 22.0 Å². The number of thiophene rings is 1. The zero-order chi connectivity index (χ0) is 14.5. The van der Waals surface area contributed by atoms with Crippen LogP contribution in [-0.2, 0) is 24.2 Å². The molecular formula is C15H19BrN2OS. The topological polar surface area (TPSA) is 34.9 Å². The summed E-state index contributed by atoms with van der Waals surface area (Å²) in [6.45, 7) is 4.80. The molecule has 2 aromatic rings. The highest BCUT2D eigenvalue weighted by molar-refractivity contribution is 9.10. The normalized spacial score (nSPS) is 10.9. The van der Waals surface area contributed by atoms with E-state index in [1.165, 1.54) is 4.88 Å². The average Bonchev–Trinajstić information content (AvgIpc) is 3.02. The Labute approximate surface area is 132 Å². The van der Waals surface area contributed by atoms with E-state index in [0.717, 1.165) is 35.2 Å². The Bertz CT molecular complexity index is 575. The van der Waals surface area contributed by atoms with Crippen molar-refractivity contribution in [1.29, 1.82) is 0 Å². The first-order valence-electron chi connectivity index (χ1n) is 6.87. The van der Waals surface area contributed by atoms with Gasteiger partial charge in [0.25, 0.3) is 0 Å². The van der Waals surface area contributed by atoms with Crippen LogP contribution in [0.25, 0.3) is 0 Å². The summed E-state index contributed by atoms with van der Waals surface area (Å²) in [5.74, 6) is 0.289. The lowest BCUT2D eigenvalue weighted by Crippen LogP contribution is -2.10. The van der Waals surface area contributed by atoms with Crippen molar-refractivity contribution >= 4 is 33.0 Å². The molecule has 5 heteroatoms. The standard InChI is InChI=1S/C15H19BrN2OS/c1-3-18-14(15(16)11(2)17-18)10-12(19)6-4-7-13-8-5-9-20-13/h5,8-9H,3-4,6-7,10H2,1-2H3. The van der Waals surface area contributed by atoms with Crippen molar-refractivity contribution in [3.63, 3.8) is 0 Å². The number of rotatable bonds is 7. The minimum absolute atomic E-state index is 0.289. The lowest BCUT2D eigenvalue weighted by Gasteiger charge is -2.05. The monoisotopic (exact) mass is 354 g/mol. The van der Waals surface area contributed by atoms with E-state index in [4.69, 9.17) is 0 Å². The van der Waals surface area contributed by atoms with E-state index >= 15 is 0 Å². The molecule has 0 saturated heterocycles. The number of carbonyl (C=O) groups is 1. The third-order valence-corrected chi connectivity index (χ3v) is 5.24. The fourth-order valence-electron chi connectivity index (χ4n) is 2.23. The summed E-state index contributed by atoms with van der Waals surface area (Å²) in [4.78, 5) is 13.5. The van der Waals surface area contributed by atoms with E-state index < -0.39 is 0 Å². The maximum absolute atomic E-state index is 12.1. The summed E-state index contributed by atoms with van der Waals surface area (Å²) in [6, 6.07) is 4.18. The number of carbonyl (C=O) groups excluding carboxylic acids is 1. The van der Waals surface area contributed by atoms with Gasteiger partial charge in [-0.25, -0.2) is 0 Å². The predicted molar refractivity (Wildman–Crippen MR) is 86.3 cm³/mol. The molecular weight excluding hydrogens is 336 g/mol. The van der Waals surface area contributed by atoms with Gasteiger partial charge in [0.2, 0.25) is 0 Å². The maximum atomic E-state index is 12.1. The molecule has 2 rings (SSSR count). The number of aromatic nitrogens is 2. The van der Waals surface area contributed by atoms with E-state index in [9.17, 15) is 4.79 Å². The highest BCUT2D eigenvalue weighted by Crippen LogP contribution is 2.22. The Hall–Kier alpha value is -0.940. The lowest BCUT2D eigenvalue weighted by atomic mass is 10.1. The van der Waals surface area contributed by atoms with Gasteiger partial charge in [-0.2, -0.15) is 5.10 Å². The second-order valence-corrected chi connectivity index (χ2v) is 6.64. The Morgan fingerprint density at radius 2 is 2.30 bits per heavy atom. The van der Waals surface area contributed by atoms with Crippen LogP contribution in [0.3, 0.4) is 0 Å². The van der Waals surface area contributed by atoms with Gasteiger partial charge in [-0.1, -0.05) is 6.07 Å². The molecule has 0 radical (unpaired) electrons. The van der Waals surface area contributed by atoms with Gasteiger partial charge in [0.05, 0.1) is 15.9 Å². The van der Waals surface area contributed by atoms with E-state index in [1.807, 2.05) is 18.5 Å². The Balaban J connectivity index is 1.88. The van der Waals surface area contributed by atoms with Crippen molar-refractivity contribution in [2.24, 2.45) is 0 Å². The predicted octanol–water partition coefficient (Wildman–Crippen LogP) is 4.17. The Morgan fingerprint density at radius 1 is 1.50 bits per heavy atom. The van der Waals surface area contributed by atoms with E-state index in [0.29, 0.717) is 12.8 Å². The van der Waals surface area contributed by atoms with Crippen LogP contribution in [0.5, 0.6) is 0 Å². The van der Waals surface area contributed by atoms with Crippen LogP contribution >= 0.6 is 27.3 Å². The van der Waals surface area contributed by atoms with E-state index in [1.54, 1.807) is 11.3 Å². The van der Waals surface area contributed by atoms with Gasteiger partial charge in [-0.3, -0.25) is 9.48 Å². The van der Waals surface area contributed by atoms with Gasteiger partial charge >= 0.3 is 0 Å². The number of ketones is 1. The largest absolute Gasteiger partial charge is 0.299 e. The minimum Gasteiger partial charge on any atom is -0.299 e. The van der Waals surface area contributed by atoms with Crippen LogP contribution < -0.4 is 0 Å². The van der Waals surface area contributed by atoms with Crippen LogP contribution in [0.4, 0.5) is 0 Å². The molecule has 0 saturated carbocycles. The van der Waals surface area contributed by atoms with Gasteiger partial charge < -0.3 is 0 Å². The summed E-state index contributed by atoms with van der Waals surface area (Å²) in [7, 11) is 0. The smallest absolute Gasteiger partial charge is 0.138 e. The molecule has 0 bridgehead atoms.